The van der Waals surface area contributed by atoms with Gasteiger partial charge in [-0.1, -0.05) is 13.3 Å². The third-order valence-corrected chi connectivity index (χ3v) is 8.34. The first-order chi connectivity index (χ1) is 17.4. The summed E-state index contributed by atoms with van der Waals surface area (Å²) in [6, 6.07) is 0. The van der Waals surface area contributed by atoms with Crippen molar-refractivity contribution >= 4 is 40.7 Å². The molecule has 1 fully saturated rings. The second-order valence-electron chi connectivity index (χ2n) is 7.99. The fourth-order valence-electron chi connectivity index (χ4n) is 3.20. The number of aliphatic carboxylic acids is 3. The Labute approximate surface area is 216 Å². The Bertz CT molecular complexity index is 970. The van der Waals surface area contributed by atoms with Crippen molar-refractivity contribution in [2.24, 2.45) is 0 Å². The molecule has 1 aliphatic rings. The van der Waals surface area contributed by atoms with Gasteiger partial charge in [0.05, 0.1) is 6.61 Å². The molecule has 222 valence electrons. The summed E-state index contributed by atoms with van der Waals surface area (Å²) in [5, 5.41) is 26.8. The van der Waals surface area contributed by atoms with Crippen LogP contribution in [0.3, 0.4) is 0 Å². The molecule has 0 aliphatic carbocycles. The van der Waals surface area contributed by atoms with Crippen molar-refractivity contribution in [2.45, 2.75) is 50.5 Å². The lowest BCUT2D eigenvalue weighted by molar-refractivity contribution is -0.284. The van der Waals surface area contributed by atoms with E-state index in [4.69, 9.17) is 43.1 Å². The van der Waals surface area contributed by atoms with Gasteiger partial charge in [0.2, 0.25) is 0 Å². The zero-order chi connectivity index (χ0) is 29.3. The molecule has 1 saturated heterocycles. The van der Waals surface area contributed by atoms with E-state index in [2.05, 4.69) is 0 Å². The normalized spacial score (nSPS) is 28.5. The molecular formula is C17H31O18P3. The number of unbranched alkanes of at least 4 members (excludes halogenated alkanes) is 1. The van der Waals surface area contributed by atoms with Crippen LogP contribution in [-0.4, -0.2) is 117 Å². The molecule has 0 radical (unpaired) electrons. The fourth-order valence-corrected chi connectivity index (χ4v) is 6.31. The summed E-state index contributed by atoms with van der Waals surface area (Å²) in [7, 11) is -14.3. The molecule has 4 unspecified atom stereocenters. The van der Waals surface area contributed by atoms with Gasteiger partial charge in [-0.3, -0.25) is 41.6 Å². The van der Waals surface area contributed by atoms with Gasteiger partial charge in [-0.25, -0.2) is 0 Å². The maximum Gasteiger partial charge on any atom is 0.339 e. The molecular weight excluding hydrogens is 585 g/mol. The predicted molar refractivity (Wildman–Crippen MR) is 123 cm³/mol. The van der Waals surface area contributed by atoms with Gasteiger partial charge in [-0.2, -0.15) is 0 Å². The van der Waals surface area contributed by atoms with Crippen LogP contribution in [0.25, 0.3) is 0 Å². The van der Waals surface area contributed by atoms with E-state index in [1.807, 2.05) is 6.92 Å². The van der Waals surface area contributed by atoms with Crippen molar-refractivity contribution in [3.05, 3.63) is 0 Å². The van der Waals surface area contributed by atoms with Crippen molar-refractivity contribution in [1.82, 2.24) is 0 Å². The number of methoxy groups -OCH3 is 1. The number of carbonyl (C=O) groups is 3. The van der Waals surface area contributed by atoms with Gasteiger partial charge in [-0.05, 0) is 6.42 Å². The Morgan fingerprint density at radius 3 is 1.58 bits per heavy atom. The van der Waals surface area contributed by atoms with Crippen LogP contribution in [0.1, 0.15) is 19.8 Å². The van der Waals surface area contributed by atoms with E-state index in [0.717, 1.165) is 7.11 Å². The SMILES string of the molecule is CCCCOC[C@H]1OC(OC)[C@@H](OP(=O)(O)CC(=O)O)[C@H](OP(=O)(O)CC(=O)O)[C@@H]1OP(=O)(O)CC(=O)O. The van der Waals surface area contributed by atoms with E-state index in [0.29, 0.717) is 12.8 Å². The minimum Gasteiger partial charge on any atom is -0.481 e. The summed E-state index contributed by atoms with van der Waals surface area (Å²) in [6.45, 7) is 1.52. The summed E-state index contributed by atoms with van der Waals surface area (Å²) in [5.74, 6) is -5.37. The molecule has 6 N–H and O–H groups in total. The average Bonchev–Trinajstić information content (AvgIpc) is 2.71. The van der Waals surface area contributed by atoms with E-state index in [1.165, 1.54) is 0 Å². The van der Waals surface area contributed by atoms with E-state index in [1.54, 1.807) is 0 Å². The van der Waals surface area contributed by atoms with Crippen molar-refractivity contribution < 1.29 is 85.9 Å². The van der Waals surface area contributed by atoms with Gasteiger partial charge >= 0.3 is 40.7 Å². The second-order valence-corrected chi connectivity index (χ2v) is 13.4. The van der Waals surface area contributed by atoms with Gasteiger partial charge in [-0.15, -0.1) is 0 Å². The molecule has 18 nitrogen and oxygen atoms in total. The van der Waals surface area contributed by atoms with Crippen molar-refractivity contribution in [1.29, 1.82) is 0 Å². The molecule has 21 heteroatoms. The zero-order valence-corrected chi connectivity index (χ0v) is 22.9. The minimum atomic E-state index is -5.16. The molecule has 0 saturated carbocycles. The quantitative estimate of drug-likeness (QED) is 0.0882. The maximum absolute atomic E-state index is 12.5. The smallest absolute Gasteiger partial charge is 0.339 e. The van der Waals surface area contributed by atoms with Crippen LogP contribution in [0.5, 0.6) is 0 Å². The van der Waals surface area contributed by atoms with Crippen LogP contribution in [0, 0.1) is 0 Å². The molecule has 1 aliphatic heterocycles. The summed E-state index contributed by atoms with van der Waals surface area (Å²) >= 11 is 0. The number of hydrogen-bond acceptors (Lipinski definition) is 12. The Morgan fingerprint density at radius 1 is 0.763 bits per heavy atom. The highest BCUT2D eigenvalue weighted by Crippen LogP contribution is 2.53. The number of rotatable bonds is 18. The van der Waals surface area contributed by atoms with Crippen molar-refractivity contribution in [3.63, 3.8) is 0 Å². The summed E-state index contributed by atoms with van der Waals surface area (Å²) in [6.07, 6.45) is -12.9. The van der Waals surface area contributed by atoms with E-state index < -0.39 is 96.5 Å². The second kappa shape index (κ2) is 14.9. The lowest BCUT2D eigenvalue weighted by atomic mass is 9.99. The number of hydrogen-bond donors (Lipinski definition) is 6. The van der Waals surface area contributed by atoms with Crippen LogP contribution in [0.15, 0.2) is 0 Å². The average molecular weight is 616 g/mol. The van der Waals surface area contributed by atoms with Gasteiger partial charge in [0.25, 0.3) is 0 Å². The predicted octanol–water partition coefficient (Wildman–Crippen LogP) is 0.140. The molecule has 0 aromatic rings. The lowest BCUT2D eigenvalue weighted by Crippen LogP contribution is -2.61. The molecule has 38 heavy (non-hydrogen) atoms. The Morgan fingerprint density at radius 2 is 1.18 bits per heavy atom. The first-order valence-electron chi connectivity index (χ1n) is 10.8. The maximum atomic E-state index is 12.5. The van der Waals surface area contributed by atoms with Crippen LogP contribution in [0.2, 0.25) is 0 Å². The number of carboxylic acids is 3. The van der Waals surface area contributed by atoms with Gasteiger partial charge in [0.1, 0.15) is 42.9 Å². The van der Waals surface area contributed by atoms with E-state index >= 15 is 0 Å². The topological polar surface area (TPSA) is 279 Å². The van der Waals surface area contributed by atoms with Crippen LogP contribution in [0.4, 0.5) is 0 Å². The molecule has 1 rings (SSSR count). The molecule has 0 amide bonds. The fraction of sp³-hybridized carbons (Fsp3) is 0.824. The summed E-state index contributed by atoms with van der Waals surface area (Å²) in [4.78, 5) is 63.4. The van der Waals surface area contributed by atoms with E-state index in [9.17, 15) is 42.8 Å². The molecule has 8 atom stereocenters. The van der Waals surface area contributed by atoms with Crippen molar-refractivity contribution in [2.75, 3.05) is 38.8 Å². The van der Waals surface area contributed by atoms with Gasteiger partial charge in [0.15, 0.2) is 6.29 Å². The number of carboxylic acid groups (broad SMARTS) is 3. The first kappa shape index (κ1) is 34.8. The standard InChI is InChI=1S/C17H31O18P3/c1-3-4-5-31-6-10-14(33-36(24,25)7-11(18)19)15(34-37(26,27)8-12(20)21)16(17(30-2)32-10)35-38(28,29)9-13(22)23/h10,14-17H,3-9H2,1-2H3,(H,18,19)(H,20,21)(H,22,23)(H,24,25)(H,26,27)(H,28,29)/t10-,14-,15-,16+,17?/m1/s1. The Hall–Kier alpha value is -1.26. The number of ether oxygens (including phenoxy) is 3. The monoisotopic (exact) mass is 616 g/mol. The third kappa shape index (κ3) is 12.3. The molecule has 0 aromatic heterocycles. The van der Waals surface area contributed by atoms with Crippen molar-refractivity contribution in [3.8, 4) is 0 Å². The highest BCUT2D eigenvalue weighted by atomic mass is 31.2. The molecule has 0 spiro atoms. The third-order valence-electron chi connectivity index (χ3n) is 4.61. The lowest BCUT2D eigenvalue weighted by Gasteiger charge is -2.45. The Balaban J connectivity index is 3.60. The van der Waals surface area contributed by atoms with Crippen LogP contribution < -0.4 is 0 Å². The zero-order valence-electron chi connectivity index (χ0n) is 20.3. The molecule has 0 aromatic carbocycles. The van der Waals surface area contributed by atoms with Gasteiger partial charge < -0.3 is 44.2 Å². The van der Waals surface area contributed by atoms with Crippen LogP contribution in [-0.2, 0) is 55.9 Å². The minimum absolute atomic E-state index is 0.139. The highest BCUT2D eigenvalue weighted by Gasteiger charge is 2.55. The molecule has 1 heterocycles. The first-order valence-corrected chi connectivity index (χ1v) is 16.1. The molecule has 0 bridgehead atoms. The van der Waals surface area contributed by atoms with Crippen LogP contribution >= 0.6 is 22.8 Å². The largest absolute Gasteiger partial charge is 0.481 e. The highest BCUT2D eigenvalue weighted by molar-refractivity contribution is 7.54. The Kier molecular flexibility index (Phi) is 13.7. The van der Waals surface area contributed by atoms with Gasteiger partial charge in [0, 0.05) is 13.7 Å². The summed E-state index contributed by atoms with van der Waals surface area (Å²) in [5.41, 5.74) is 0. The van der Waals surface area contributed by atoms with E-state index in [-0.39, 0.29) is 6.61 Å². The summed E-state index contributed by atoms with van der Waals surface area (Å²) < 4.78 is 68.5.